The Kier molecular flexibility index (Phi) is 5.33. The molecule has 1 heterocycles. The van der Waals surface area contributed by atoms with E-state index in [0.717, 1.165) is 0 Å². The fourth-order valence-corrected chi connectivity index (χ4v) is 1.94. The Bertz CT molecular complexity index is 762. The van der Waals surface area contributed by atoms with Crippen LogP contribution in [0.2, 0.25) is 5.02 Å². The number of hydrogen-bond donors (Lipinski definition) is 1. The van der Waals surface area contributed by atoms with Gasteiger partial charge in [-0.15, -0.1) is 0 Å². The van der Waals surface area contributed by atoms with Crippen molar-refractivity contribution in [1.29, 1.82) is 5.26 Å². The quantitative estimate of drug-likeness (QED) is 0.843. The highest BCUT2D eigenvalue weighted by atomic mass is 35.5. The lowest BCUT2D eigenvalue weighted by atomic mass is 10.1. The first-order valence-electron chi connectivity index (χ1n) is 6.66. The zero-order chi connectivity index (χ0) is 16.8. The summed E-state index contributed by atoms with van der Waals surface area (Å²) < 4.78 is 10.0. The molecule has 0 fully saturated rings. The number of carbonyl (C=O) groups excluding carboxylic acids is 2. The van der Waals surface area contributed by atoms with Crippen molar-refractivity contribution in [2.45, 2.75) is 13.3 Å². The number of esters is 1. The number of rotatable bonds is 5. The third-order valence-electron chi connectivity index (χ3n) is 2.78. The topological polar surface area (TPSA) is 105 Å². The molecule has 1 N–H and O–H groups in total. The number of amides is 1. The molecule has 0 unspecified atom stereocenters. The molecule has 7 nitrogen and oxygen atoms in total. The summed E-state index contributed by atoms with van der Waals surface area (Å²) in [5.74, 6) is -1.46. The highest BCUT2D eigenvalue weighted by molar-refractivity contribution is 6.30. The molecule has 0 saturated heterocycles. The second-order valence-electron chi connectivity index (χ2n) is 4.35. The van der Waals surface area contributed by atoms with Gasteiger partial charge in [0.05, 0.1) is 12.7 Å². The van der Waals surface area contributed by atoms with Gasteiger partial charge in [-0.25, -0.2) is 4.79 Å². The van der Waals surface area contributed by atoms with Crippen LogP contribution in [-0.4, -0.2) is 23.6 Å². The minimum Gasteiger partial charge on any atom is -0.462 e. The Balaban J connectivity index is 2.44. The molecule has 1 aromatic heterocycles. The Morgan fingerprint density at radius 3 is 2.70 bits per heavy atom. The maximum absolute atomic E-state index is 12.2. The zero-order valence-electron chi connectivity index (χ0n) is 12.1. The molecule has 0 aliphatic heterocycles. The van der Waals surface area contributed by atoms with E-state index in [2.05, 4.69) is 10.5 Å². The fourth-order valence-electron chi connectivity index (χ4n) is 1.82. The summed E-state index contributed by atoms with van der Waals surface area (Å²) in [6.45, 7) is 1.80. The number of carbonyl (C=O) groups is 2. The van der Waals surface area contributed by atoms with Crippen LogP contribution in [0.3, 0.4) is 0 Å². The normalized spacial score (nSPS) is 9.96. The summed E-state index contributed by atoms with van der Waals surface area (Å²) in [6.07, 6.45) is -0.376. The van der Waals surface area contributed by atoms with E-state index in [1.54, 1.807) is 37.3 Å². The standard InChI is InChI=1S/C15H12ClN3O4/c1-2-22-15(21)12-13(9-3-5-10(16)6-4-9)19-23-14(12)18-11(20)7-8-17/h3-6H,2,7H2,1H3,(H,18,20). The second kappa shape index (κ2) is 7.42. The van der Waals surface area contributed by atoms with Gasteiger partial charge in [-0.2, -0.15) is 5.26 Å². The number of nitrogens with one attached hydrogen (secondary N) is 1. The minimum atomic E-state index is -0.689. The third kappa shape index (κ3) is 3.87. The van der Waals surface area contributed by atoms with Crippen molar-refractivity contribution in [3.05, 3.63) is 34.9 Å². The Morgan fingerprint density at radius 2 is 2.09 bits per heavy atom. The average molecular weight is 334 g/mol. The van der Waals surface area contributed by atoms with E-state index < -0.39 is 11.9 Å². The molecule has 0 aliphatic carbocycles. The SMILES string of the molecule is CCOC(=O)c1c(-c2ccc(Cl)cc2)noc1NC(=O)CC#N. The van der Waals surface area contributed by atoms with Gasteiger partial charge in [0.15, 0.2) is 5.56 Å². The number of nitrogens with zero attached hydrogens (tertiary/aromatic N) is 2. The van der Waals surface area contributed by atoms with Crippen LogP contribution >= 0.6 is 11.6 Å². The van der Waals surface area contributed by atoms with Crippen LogP contribution in [0.25, 0.3) is 11.3 Å². The van der Waals surface area contributed by atoms with Gasteiger partial charge >= 0.3 is 5.97 Å². The molecule has 8 heteroatoms. The van der Waals surface area contributed by atoms with Gasteiger partial charge in [0.2, 0.25) is 11.8 Å². The fraction of sp³-hybridized carbons (Fsp3) is 0.200. The number of benzene rings is 1. The molecule has 0 atom stereocenters. The number of hydrogen-bond acceptors (Lipinski definition) is 6. The van der Waals surface area contributed by atoms with Crippen LogP contribution in [0.1, 0.15) is 23.7 Å². The van der Waals surface area contributed by atoms with Crippen LogP contribution in [0.4, 0.5) is 5.88 Å². The molecule has 118 valence electrons. The molecule has 23 heavy (non-hydrogen) atoms. The van der Waals surface area contributed by atoms with Crippen molar-refractivity contribution in [3.8, 4) is 17.3 Å². The molecular formula is C15H12ClN3O4. The second-order valence-corrected chi connectivity index (χ2v) is 4.78. The van der Waals surface area contributed by atoms with Crippen molar-refractivity contribution in [2.75, 3.05) is 11.9 Å². The maximum Gasteiger partial charge on any atom is 0.346 e. The first-order chi connectivity index (χ1) is 11.1. The number of nitriles is 1. The number of ether oxygens (including phenoxy) is 1. The third-order valence-corrected chi connectivity index (χ3v) is 3.03. The highest BCUT2D eigenvalue weighted by Crippen LogP contribution is 2.30. The molecule has 2 rings (SSSR count). The van der Waals surface area contributed by atoms with Crippen LogP contribution in [0.15, 0.2) is 28.8 Å². The summed E-state index contributed by atoms with van der Waals surface area (Å²) in [5.41, 5.74) is 0.773. The van der Waals surface area contributed by atoms with E-state index in [1.807, 2.05) is 0 Å². The van der Waals surface area contributed by atoms with Crippen molar-refractivity contribution in [3.63, 3.8) is 0 Å². The van der Waals surface area contributed by atoms with Gasteiger partial charge in [-0.05, 0) is 19.1 Å². The van der Waals surface area contributed by atoms with Crippen LogP contribution in [-0.2, 0) is 9.53 Å². The highest BCUT2D eigenvalue weighted by Gasteiger charge is 2.26. The van der Waals surface area contributed by atoms with Gasteiger partial charge in [-0.3, -0.25) is 10.1 Å². The maximum atomic E-state index is 12.2. The van der Waals surface area contributed by atoms with Crippen molar-refractivity contribution < 1.29 is 18.8 Å². The first-order valence-corrected chi connectivity index (χ1v) is 7.04. The van der Waals surface area contributed by atoms with E-state index in [9.17, 15) is 9.59 Å². The lowest BCUT2D eigenvalue weighted by molar-refractivity contribution is -0.115. The number of aromatic nitrogens is 1. The Morgan fingerprint density at radius 1 is 1.39 bits per heavy atom. The Hall–Kier alpha value is -2.85. The molecule has 2 aromatic rings. The molecule has 0 bridgehead atoms. The van der Waals surface area contributed by atoms with E-state index in [4.69, 9.17) is 26.1 Å². The molecule has 0 spiro atoms. The van der Waals surface area contributed by atoms with Crippen molar-refractivity contribution in [2.24, 2.45) is 0 Å². The van der Waals surface area contributed by atoms with Crippen molar-refractivity contribution >= 4 is 29.4 Å². The molecular weight excluding hydrogens is 322 g/mol. The smallest absolute Gasteiger partial charge is 0.346 e. The minimum absolute atomic E-state index is 0.0135. The van der Waals surface area contributed by atoms with E-state index >= 15 is 0 Å². The van der Waals surface area contributed by atoms with Gasteiger partial charge in [0.1, 0.15) is 12.1 Å². The molecule has 0 aliphatic rings. The molecule has 0 radical (unpaired) electrons. The lowest BCUT2D eigenvalue weighted by Gasteiger charge is -2.04. The predicted octanol–water partition coefficient (Wildman–Crippen LogP) is 3.02. The lowest BCUT2D eigenvalue weighted by Crippen LogP contribution is -2.14. The summed E-state index contributed by atoms with van der Waals surface area (Å²) >= 11 is 5.84. The van der Waals surface area contributed by atoms with E-state index in [1.165, 1.54) is 0 Å². The summed E-state index contributed by atoms with van der Waals surface area (Å²) in [6, 6.07) is 8.28. The average Bonchev–Trinajstić information content (AvgIpc) is 2.92. The predicted molar refractivity (Wildman–Crippen MR) is 81.8 cm³/mol. The summed E-state index contributed by atoms with van der Waals surface area (Å²) in [5, 5.41) is 15.2. The molecule has 0 saturated carbocycles. The first kappa shape index (κ1) is 16.5. The summed E-state index contributed by atoms with van der Waals surface area (Å²) in [4.78, 5) is 23.7. The monoisotopic (exact) mass is 333 g/mol. The van der Waals surface area contributed by atoms with Gasteiger partial charge in [0.25, 0.3) is 0 Å². The number of anilines is 1. The van der Waals surface area contributed by atoms with Gasteiger partial charge < -0.3 is 9.26 Å². The van der Waals surface area contributed by atoms with Crippen LogP contribution < -0.4 is 5.32 Å². The van der Waals surface area contributed by atoms with E-state index in [-0.39, 0.29) is 30.2 Å². The largest absolute Gasteiger partial charge is 0.462 e. The Labute approximate surface area is 136 Å². The van der Waals surface area contributed by atoms with Gasteiger partial charge in [0, 0.05) is 10.6 Å². The van der Waals surface area contributed by atoms with E-state index in [0.29, 0.717) is 10.6 Å². The van der Waals surface area contributed by atoms with Crippen LogP contribution in [0, 0.1) is 11.3 Å². The molecule has 1 aromatic carbocycles. The van der Waals surface area contributed by atoms with Crippen molar-refractivity contribution in [1.82, 2.24) is 5.16 Å². The van der Waals surface area contributed by atoms with Crippen LogP contribution in [0.5, 0.6) is 0 Å². The summed E-state index contributed by atoms with van der Waals surface area (Å²) in [7, 11) is 0. The van der Waals surface area contributed by atoms with Gasteiger partial charge in [-0.1, -0.05) is 28.9 Å². The number of halogens is 1. The zero-order valence-corrected chi connectivity index (χ0v) is 12.9. The molecule has 1 amide bonds.